The molecule has 3 nitrogen and oxygen atoms in total. The number of aryl methyl sites for hydroxylation is 1. The van der Waals surface area contributed by atoms with E-state index in [0.29, 0.717) is 0 Å². The van der Waals surface area contributed by atoms with E-state index in [4.69, 9.17) is 9.47 Å². The van der Waals surface area contributed by atoms with Crippen LogP contribution in [0.5, 0.6) is 5.75 Å². The van der Waals surface area contributed by atoms with Crippen molar-refractivity contribution in [2.45, 2.75) is 45.3 Å². The van der Waals surface area contributed by atoms with Gasteiger partial charge in [-0.05, 0) is 38.8 Å². The van der Waals surface area contributed by atoms with Gasteiger partial charge < -0.3 is 14.8 Å². The van der Waals surface area contributed by atoms with Crippen LogP contribution in [0.25, 0.3) is 0 Å². The zero-order valence-corrected chi connectivity index (χ0v) is 12.5. The highest BCUT2D eigenvalue weighted by Crippen LogP contribution is 2.38. The Hall–Kier alpha value is -1.06. The summed E-state index contributed by atoms with van der Waals surface area (Å²) in [5, 5.41) is 3.54. The number of hydrogen-bond donors (Lipinski definition) is 1. The smallest absolute Gasteiger partial charge is 0.127 e. The second kappa shape index (κ2) is 5.93. The molecule has 3 heteroatoms. The van der Waals surface area contributed by atoms with E-state index in [1.165, 1.54) is 11.1 Å². The molecule has 0 aromatic heterocycles. The zero-order chi connectivity index (χ0) is 13.9. The molecule has 1 aliphatic rings. The summed E-state index contributed by atoms with van der Waals surface area (Å²) in [6, 6.07) is 6.58. The van der Waals surface area contributed by atoms with Crippen molar-refractivity contribution in [2.75, 3.05) is 20.3 Å². The van der Waals surface area contributed by atoms with Crippen molar-refractivity contribution in [3.05, 3.63) is 29.3 Å². The van der Waals surface area contributed by atoms with Gasteiger partial charge in [-0.25, -0.2) is 0 Å². The van der Waals surface area contributed by atoms with Crippen molar-refractivity contribution < 1.29 is 9.47 Å². The van der Waals surface area contributed by atoms with Gasteiger partial charge in [0.1, 0.15) is 5.75 Å². The molecular weight excluding hydrogens is 238 g/mol. The Labute approximate surface area is 116 Å². The van der Waals surface area contributed by atoms with Gasteiger partial charge in [-0.1, -0.05) is 25.1 Å². The largest absolute Gasteiger partial charge is 0.493 e. The van der Waals surface area contributed by atoms with Gasteiger partial charge in [-0.3, -0.25) is 0 Å². The Balaban J connectivity index is 2.42. The highest BCUT2D eigenvalue weighted by atomic mass is 16.5. The van der Waals surface area contributed by atoms with Crippen LogP contribution in [0.4, 0.5) is 0 Å². The first kappa shape index (κ1) is 14.4. The minimum Gasteiger partial charge on any atom is -0.493 e. The summed E-state index contributed by atoms with van der Waals surface area (Å²) in [5.41, 5.74) is 2.26. The molecule has 0 saturated heterocycles. The fraction of sp³-hybridized carbons (Fsp3) is 0.625. The molecule has 1 atom stereocenters. The molecule has 19 heavy (non-hydrogen) atoms. The van der Waals surface area contributed by atoms with Crippen molar-refractivity contribution >= 4 is 0 Å². The lowest BCUT2D eigenvalue weighted by atomic mass is 9.88. The molecule has 0 aliphatic carbocycles. The van der Waals surface area contributed by atoms with Crippen molar-refractivity contribution in [1.82, 2.24) is 5.32 Å². The van der Waals surface area contributed by atoms with Gasteiger partial charge >= 0.3 is 0 Å². The summed E-state index contributed by atoms with van der Waals surface area (Å²) >= 11 is 0. The summed E-state index contributed by atoms with van der Waals surface area (Å²) in [4.78, 5) is 0. The standard InChI is InChI=1S/C16H25NO2/c1-5-17-15(16(2,3)18-4)13-10-6-8-12-9-7-11-19-14(12)13/h6,8,10,15,17H,5,7,9,11H2,1-4H3. The number of fused-ring (bicyclic) bond motifs is 1. The van der Waals surface area contributed by atoms with Gasteiger partial charge in [-0.2, -0.15) is 0 Å². The summed E-state index contributed by atoms with van der Waals surface area (Å²) in [6.45, 7) is 8.07. The summed E-state index contributed by atoms with van der Waals surface area (Å²) < 4.78 is 11.6. The molecule has 0 spiro atoms. The maximum absolute atomic E-state index is 5.93. The predicted octanol–water partition coefficient (Wildman–Crippen LogP) is 3.09. The third-order valence-corrected chi connectivity index (χ3v) is 3.90. The van der Waals surface area contributed by atoms with Crippen LogP contribution in [0.3, 0.4) is 0 Å². The molecule has 2 rings (SSSR count). The maximum Gasteiger partial charge on any atom is 0.127 e. The predicted molar refractivity (Wildman–Crippen MR) is 77.8 cm³/mol. The average Bonchev–Trinajstić information content (AvgIpc) is 2.44. The van der Waals surface area contributed by atoms with E-state index in [9.17, 15) is 0 Å². The molecule has 1 aliphatic heterocycles. The van der Waals surface area contributed by atoms with E-state index in [0.717, 1.165) is 31.7 Å². The third kappa shape index (κ3) is 2.93. The quantitative estimate of drug-likeness (QED) is 0.885. The van der Waals surface area contributed by atoms with Crippen LogP contribution in [0.15, 0.2) is 18.2 Å². The number of rotatable bonds is 5. The van der Waals surface area contributed by atoms with Gasteiger partial charge in [0.25, 0.3) is 0 Å². The molecule has 106 valence electrons. The molecule has 1 N–H and O–H groups in total. The molecule has 0 fully saturated rings. The van der Waals surface area contributed by atoms with Gasteiger partial charge in [0.2, 0.25) is 0 Å². The Morgan fingerprint density at radius 3 is 2.89 bits per heavy atom. The molecule has 1 unspecified atom stereocenters. The van der Waals surface area contributed by atoms with Crippen LogP contribution in [0.1, 0.15) is 44.4 Å². The Bertz CT molecular complexity index is 429. The molecule has 0 amide bonds. The number of ether oxygens (including phenoxy) is 2. The molecule has 0 bridgehead atoms. The number of para-hydroxylation sites is 1. The molecule has 0 radical (unpaired) electrons. The SMILES string of the molecule is CCNC(c1cccc2c1OCCC2)C(C)(C)OC. The Morgan fingerprint density at radius 2 is 2.21 bits per heavy atom. The lowest BCUT2D eigenvalue weighted by molar-refractivity contribution is -0.0115. The number of likely N-dealkylation sites (N-methyl/N-ethyl adjacent to an activating group) is 1. The van der Waals surface area contributed by atoms with Gasteiger partial charge in [0, 0.05) is 12.7 Å². The van der Waals surface area contributed by atoms with E-state index in [-0.39, 0.29) is 11.6 Å². The minimum absolute atomic E-state index is 0.135. The maximum atomic E-state index is 5.93. The van der Waals surface area contributed by atoms with E-state index in [1.807, 2.05) is 0 Å². The average molecular weight is 263 g/mol. The lowest BCUT2D eigenvalue weighted by Gasteiger charge is -2.36. The molecule has 1 aromatic rings. The van der Waals surface area contributed by atoms with E-state index in [2.05, 4.69) is 44.3 Å². The highest BCUT2D eigenvalue weighted by molar-refractivity contribution is 5.45. The molecular formula is C16H25NO2. The van der Waals surface area contributed by atoms with Crippen molar-refractivity contribution in [1.29, 1.82) is 0 Å². The normalized spacial score (nSPS) is 16.6. The highest BCUT2D eigenvalue weighted by Gasteiger charge is 2.33. The van der Waals surface area contributed by atoms with Crippen LogP contribution in [-0.4, -0.2) is 25.9 Å². The second-order valence-electron chi connectivity index (χ2n) is 5.59. The zero-order valence-electron chi connectivity index (χ0n) is 12.5. The van der Waals surface area contributed by atoms with Gasteiger partial charge in [0.15, 0.2) is 0 Å². The van der Waals surface area contributed by atoms with E-state index < -0.39 is 0 Å². The van der Waals surface area contributed by atoms with E-state index in [1.54, 1.807) is 7.11 Å². The molecule has 0 saturated carbocycles. The van der Waals surface area contributed by atoms with Crippen LogP contribution < -0.4 is 10.1 Å². The minimum atomic E-state index is -0.272. The first-order valence-corrected chi connectivity index (χ1v) is 7.13. The number of nitrogens with one attached hydrogen (secondary N) is 1. The summed E-state index contributed by atoms with van der Waals surface area (Å²) in [6.07, 6.45) is 2.21. The lowest BCUT2D eigenvalue weighted by Crippen LogP contribution is -2.41. The van der Waals surface area contributed by atoms with Crippen molar-refractivity contribution in [3.8, 4) is 5.75 Å². The van der Waals surface area contributed by atoms with Crippen molar-refractivity contribution in [3.63, 3.8) is 0 Å². The number of benzene rings is 1. The first-order valence-electron chi connectivity index (χ1n) is 7.13. The Kier molecular flexibility index (Phi) is 4.48. The summed E-state index contributed by atoms with van der Waals surface area (Å²) in [7, 11) is 1.76. The van der Waals surface area contributed by atoms with E-state index >= 15 is 0 Å². The molecule has 1 heterocycles. The monoisotopic (exact) mass is 263 g/mol. The fourth-order valence-corrected chi connectivity index (χ4v) is 2.69. The topological polar surface area (TPSA) is 30.5 Å². The van der Waals surface area contributed by atoms with Crippen LogP contribution in [0, 0.1) is 0 Å². The van der Waals surface area contributed by atoms with Gasteiger partial charge in [0.05, 0.1) is 18.2 Å². The number of methoxy groups -OCH3 is 1. The molecule has 1 aromatic carbocycles. The number of hydrogen-bond acceptors (Lipinski definition) is 3. The third-order valence-electron chi connectivity index (χ3n) is 3.90. The van der Waals surface area contributed by atoms with Crippen LogP contribution in [0.2, 0.25) is 0 Å². The van der Waals surface area contributed by atoms with Crippen LogP contribution in [-0.2, 0) is 11.2 Å². The van der Waals surface area contributed by atoms with Crippen LogP contribution >= 0.6 is 0 Å². The van der Waals surface area contributed by atoms with Crippen molar-refractivity contribution in [2.24, 2.45) is 0 Å². The summed E-state index contributed by atoms with van der Waals surface area (Å²) in [5.74, 6) is 1.06. The Morgan fingerprint density at radius 1 is 1.42 bits per heavy atom. The van der Waals surface area contributed by atoms with Gasteiger partial charge in [-0.15, -0.1) is 0 Å². The second-order valence-corrected chi connectivity index (χ2v) is 5.59. The first-order chi connectivity index (χ1) is 9.10. The fourth-order valence-electron chi connectivity index (χ4n) is 2.69.